The molecule has 0 saturated carbocycles. The van der Waals surface area contributed by atoms with Gasteiger partial charge in [0.25, 0.3) is 0 Å². The highest BCUT2D eigenvalue weighted by Gasteiger charge is 2.32. The van der Waals surface area contributed by atoms with Gasteiger partial charge >= 0.3 is 5.97 Å². The number of allylic oxidation sites excluding steroid dienone is 4. The second-order valence-electron chi connectivity index (χ2n) is 3.27. The molecule has 2 aliphatic rings. The Morgan fingerprint density at radius 3 is 3.08 bits per heavy atom. The predicted molar refractivity (Wildman–Crippen MR) is 49.8 cm³/mol. The molecule has 13 heavy (non-hydrogen) atoms. The van der Waals surface area contributed by atoms with Gasteiger partial charge in [0, 0.05) is 12.0 Å². The molecule has 1 heterocycles. The summed E-state index contributed by atoms with van der Waals surface area (Å²) in [4.78, 5) is 11.3. The molecule has 0 spiro atoms. The van der Waals surface area contributed by atoms with Gasteiger partial charge in [-0.15, -0.1) is 0 Å². The summed E-state index contributed by atoms with van der Waals surface area (Å²) in [6.07, 6.45) is 9.57. The quantitative estimate of drug-likeness (QED) is 0.603. The van der Waals surface area contributed by atoms with Crippen molar-refractivity contribution in [2.24, 2.45) is 5.92 Å². The van der Waals surface area contributed by atoms with Crippen LogP contribution in [0.4, 0.5) is 0 Å². The van der Waals surface area contributed by atoms with E-state index in [1.54, 1.807) is 0 Å². The van der Waals surface area contributed by atoms with Crippen LogP contribution in [0.15, 0.2) is 35.6 Å². The highest BCUT2D eigenvalue weighted by atomic mass is 16.5. The molecule has 0 aromatic carbocycles. The number of hydrogen-bond acceptors (Lipinski definition) is 2. The summed E-state index contributed by atoms with van der Waals surface area (Å²) in [5.74, 6) is 0.601. The second-order valence-corrected chi connectivity index (χ2v) is 3.27. The molecule has 0 radical (unpaired) electrons. The van der Waals surface area contributed by atoms with Crippen molar-refractivity contribution >= 4 is 5.97 Å². The SMILES string of the molecule is CCCC1=C2C=CC=CC2C(=O)O1. The van der Waals surface area contributed by atoms with Gasteiger partial charge in [0.2, 0.25) is 0 Å². The van der Waals surface area contributed by atoms with Crippen molar-refractivity contribution < 1.29 is 9.53 Å². The molecule has 68 valence electrons. The van der Waals surface area contributed by atoms with E-state index in [0.29, 0.717) is 0 Å². The Bertz CT molecular complexity index is 321. The average Bonchev–Trinajstić information content (AvgIpc) is 2.46. The zero-order valence-corrected chi connectivity index (χ0v) is 7.62. The van der Waals surface area contributed by atoms with Gasteiger partial charge in [-0.3, -0.25) is 4.79 Å². The van der Waals surface area contributed by atoms with E-state index in [1.165, 1.54) is 0 Å². The van der Waals surface area contributed by atoms with Gasteiger partial charge in [0.15, 0.2) is 0 Å². The molecular weight excluding hydrogens is 164 g/mol. The van der Waals surface area contributed by atoms with Crippen molar-refractivity contribution in [2.45, 2.75) is 19.8 Å². The maximum atomic E-state index is 11.3. The van der Waals surface area contributed by atoms with Crippen LogP contribution in [0.25, 0.3) is 0 Å². The molecule has 0 aromatic heterocycles. The molecule has 0 amide bonds. The van der Waals surface area contributed by atoms with Gasteiger partial charge in [0.05, 0.1) is 0 Å². The van der Waals surface area contributed by atoms with Crippen molar-refractivity contribution in [3.05, 3.63) is 35.6 Å². The topological polar surface area (TPSA) is 26.3 Å². The monoisotopic (exact) mass is 176 g/mol. The summed E-state index contributed by atoms with van der Waals surface area (Å²) < 4.78 is 5.19. The minimum atomic E-state index is -0.133. The fourth-order valence-electron chi connectivity index (χ4n) is 1.68. The Hall–Kier alpha value is -1.31. The molecule has 1 aliphatic carbocycles. The molecule has 0 saturated heterocycles. The van der Waals surface area contributed by atoms with Crippen molar-refractivity contribution in [3.8, 4) is 0 Å². The fourth-order valence-corrected chi connectivity index (χ4v) is 1.68. The molecule has 0 bridgehead atoms. The van der Waals surface area contributed by atoms with Crippen LogP contribution in [0.2, 0.25) is 0 Å². The molecule has 2 nitrogen and oxygen atoms in total. The molecule has 2 rings (SSSR count). The van der Waals surface area contributed by atoms with Gasteiger partial charge in [-0.1, -0.05) is 31.2 Å². The first-order valence-corrected chi connectivity index (χ1v) is 4.62. The largest absolute Gasteiger partial charge is 0.430 e. The number of carbonyl (C=O) groups is 1. The van der Waals surface area contributed by atoms with Gasteiger partial charge in [-0.25, -0.2) is 0 Å². The highest BCUT2D eigenvalue weighted by Crippen LogP contribution is 2.33. The number of fused-ring (bicyclic) bond motifs is 1. The summed E-state index contributed by atoms with van der Waals surface area (Å²) in [6.45, 7) is 2.08. The van der Waals surface area contributed by atoms with E-state index in [-0.39, 0.29) is 11.9 Å². The Balaban J connectivity index is 2.31. The van der Waals surface area contributed by atoms with Crippen molar-refractivity contribution in [1.29, 1.82) is 0 Å². The van der Waals surface area contributed by atoms with Crippen LogP contribution in [0.1, 0.15) is 19.8 Å². The van der Waals surface area contributed by atoms with Gasteiger partial charge in [-0.05, 0) is 6.42 Å². The van der Waals surface area contributed by atoms with E-state index in [4.69, 9.17) is 4.74 Å². The third-order valence-corrected chi connectivity index (χ3v) is 2.30. The van der Waals surface area contributed by atoms with Crippen LogP contribution >= 0.6 is 0 Å². The standard InChI is InChI=1S/C11H12O2/c1-2-5-10-8-6-3-4-7-9(8)11(12)13-10/h3-4,6-7,9H,2,5H2,1H3. The fraction of sp³-hybridized carbons (Fsp3) is 0.364. The smallest absolute Gasteiger partial charge is 0.322 e. The molecule has 2 heteroatoms. The lowest BCUT2D eigenvalue weighted by atomic mass is 9.95. The molecule has 0 fully saturated rings. The molecule has 1 unspecified atom stereocenters. The third-order valence-electron chi connectivity index (χ3n) is 2.30. The molecule has 1 aliphatic heterocycles. The lowest BCUT2D eigenvalue weighted by Gasteiger charge is -2.04. The Morgan fingerprint density at radius 1 is 1.46 bits per heavy atom. The zero-order chi connectivity index (χ0) is 9.26. The summed E-state index contributed by atoms with van der Waals surface area (Å²) in [5.41, 5.74) is 1.05. The summed E-state index contributed by atoms with van der Waals surface area (Å²) >= 11 is 0. The third kappa shape index (κ3) is 1.32. The molecular formula is C11H12O2. The molecule has 0 N–H and O–H groups in total. The summed E-state index contributed by atoms with van der Waals surface area (Å²) in [6, 6.07) is 0. The van der Waals surface area contributed by atoms with Crippen LogP contribution in [-0.4, -0.2) is 5.97 Å². The first-order chi connectivity index (χ1) is 6.33. The van der Waals surface area contributed by atoms with E-state index in [1.807, 2.05) is 24.3 Å². The molecule has 0 aromatic rings. The Kier molecular flexibility index (Phi) is 2.05. The van der Waals surface area contributed by atoms with E-state index in [2.05, 4.69) is 6.92 Å². The number of hydrogen-bond donors (Lipinski definition) is 0. The Morgan fingerprint density at radius 2 is 2.31 bits per heavy atom. The van der Waals surface area contributed by atoms with Crippen molar-refractivity contribution in [1.82, 2.24) is 0 Å². The number of carbonyl (C=O) groups excluding carboxylic acids is 1. The first-order valence-electron chi connectivity index (χ1n) is 4.62. The first kappa shape index (κ1) is 8.30. The average molecular weight is 176 g/mol. The summed E-state index contributed by atoms with van der Waals surface area (Å²) in [7, 11) is 0. The van der Waals surface area contributed by atoms with Crippen LogP contribution in [0, 0.1) is 5.92 Å². The predicted octanol–water partition coefficient (Wildman–Crippen LogP) is 2.34. The number of esters is 1. The van der Waals surface area contributed by atoms with Gasteiger partial charge in [0.1, 0.15) is 11.7 Å². The lowest BCUT2D eigenvalue weighted by Crippen LogP contribution is -2.08. The van der Waals surface area contributed by atoms with Crippen molar-refractivity contribution in [2.75, 3.05) is 0 Å². The van der Waals surface area contributed by atoms with Crippen molar-refractivity contribution in [3.63, 3.8) is 0 Å². The second kappa shape index (κ2) is 3.21. The van der Waals surface area contributed by atoms with Crippen LogP contribution in [0.3, 0.4) is 0 Å². The lowest BCUT2D eigenvalue weighted by molar-refractivity contribution is -0.139. The maximum Gasteiger partial charge on any atom is 0.322 e. The maximum absolute atomic E-state index is 11.3. The van der Waals surface area contributed by atoms with Crippen LogP contribution in [-0.2, 0) is 9.53 Å². The van der Waals surface area contributed by atoms with E-state index >= 15 is 0 Å². The normalized spacial score (nSPS) is 25.0. The number of ether oxygens (including phenoxy) is 1. The molecule has 1 atom stereocenters. The van der Waals surface area contributed by atoms with Gasteiger partial charge < -0.3 is 4.74 Å². The van der Waals surface area contributed by atoms with Crippen LogP contribution in [0.5, 0.6) is 0 Å². The zero-order valence-electron chi connectivity index (χ0n) is 7.62. The number of cyclic esters (lactones) is 1. The highest BCUT2D eigenvalue weighted by molar-refractivity contribution is 5.84. The van der Waals surface area contributed by atoms with E-state index < -0.39 is 0 Å². The van der Waals surface area contributed by atoms with Crippen LogP contribution < -0.4 is 0 Å². The van der Waals surface area contributed by atoms with E-state index in [9.17, 15) is 4.79 Å². The number of rotatable bonds is 2. The van der Waals surface area contributed by atoms with Gasteiger partial charge in [-0.2, -0.15) is 0 Å². The van der Waals surface area contributed by atoms with E-state index in [0.717, 1.165) is 24.2 Å². The Labute approximate surface area is 77.6 Å². The summed E-state index contributed by atoms with van der Waals surface area (Å²) in [5, 5.41) is 0. The minimum Gasteiger partial charge on any atom is -0.430 e. The minimum absolute atomic E-state index is 0.126.